The molecule has 0 fully saturated rings. The number of phenolic OH excluding ortho intramolecular Hbond substituents is 1. The lowest BCUT2D eigenvalue weighted by Gasteiger charge is -2.10. The van der Waals surface area contributed by atoms with Crippen molar-refractivity contribution in [1.82, 2.24) is 9.78 Å². The van der Waals surface area contributed by atoms with Gasteiger partial charge in [-0.1, -0.05) is 41.4 Å². The van der Waals surface area contributed by atoms with Crippen LogP contribution in [0.5, 0.6) is 5.75 Å². The van der Waals surface area contributed by atoms with E-state index in [1.165, 1.54) is 18.4 Å². The molecule has 1 amide bonds. The minimum absolute atomic E-state index is 0.0678. The van der Waals surface area contributed by atoms with Crippen LogP contribution in [0, 0.1) is 0 Å². The quantitative estimate of drug-likeness (QED) is 0.437. The topological polar surface area (TPSA) is 80.3 Å². The summed E-state index contributed by atoms with van der Waals surface area (Å²) in [7, 11) is 0. The summed E-state index contributed by atoms with van der Waals surface area (Å²) in [5.41, 5.74) is 1.59. The molecule has 2 N–H and O–H groups in total. The molecule has 0 saturated heterocycles. The average Bonchev–Trinajstić information content (AvgIpc) is 3.35. The molecule has 0 bridgehead atoms. The van der Waals surface area contributed by atoms with E-state index in [4.69, 9.17) is 27.6 Å². The van der Waals surface area contributed by atoms with Crippen molar-refractivity contribution in [2.24, 2.45) is 0 Å². The maximum atomic E-state index is 12.9. The second kappa shape index (κ2) is 7.42. The van der Waals surface area contributed by atoms with Crippen LogP contribution < -0.4 is 5.32 Å². The highest BCUT2D eigenvalue weighted by molar-refractivity contribution is 6.36. The van der Waals surface area contributed by atoms with Gasteiger partial charge in [-0.15, -0.1) is 0 Å². The fourth-order valence-electron chi connectivity index (χ4n) is 2.73. The minimum Gasteiger partial charge on any atom is -0.506 e. The highest BCUT2D eigenvalue weighted by Gasteiger charge is 2.22. The number of carbonyl (C=O) groups is 1. The van der Waals surface area contributed by atoms with Gasteiger partial charge in [0.15, 0.2) is 5.76 Å². The predicted octanol–water partition coefficient (Wildman–Crippen LogP) is 5.90. The molecule has 28 heavy (non-hydrogen) atoms. The zero-order valence-corrected chi connectivity index (χ0v) is 15.8. The monoisotopic (exact) mass is 413 g/mol. The number of benzene rings is 2. The lowest BCUT2D eigenvalue weighted by molar-refractivity contribution is 0.251. The Morgan fingerprint density at radius 3 is 2.57 bits per heavy atom. The Kier molecular flexibility index (Phi) is 4.81. The largest absolute Gasteiger partial charge is 0.506 e. The lowest BCUT2D eigenvalue weighted by Crippen LogP contribution is -2.21. The van der Waals surface area contributed by atoms with E-state index >= 15 is 0 Å². The number of anilines is 1. The van der Waals surface area contributed by atoms with E-state index < -0.39 is 6.03 Å². The molecule has 0 aliphatic heterocycles. The number of hydrogen-bond donors (Lipinski definition) is 2. The Morgan fingerprint density at radius 1 is 1.07 bits per heavy atom. The number of carbonyl (C=O) groups excluding carboxylic acids is 1. The fourth-order valence-corrected chi connectivity index (χ4v) is 3.23. The van der Waals surface area contributed by atoms with Crippen molar-refractivity contribution in [2.45, 2.75) is 0 Å². The first-order valence-electron chi connectivity index (χ1n) is 8.21. The Labute approximate surface area is 169 Å². The molecule has 0 unspecified atom stereocenters. The van der Waals surface area contributed by atoms with Gasteiger partial charge in [0, 0.05) is 16.3 Å². The number of rotatable bonds is 3. The number of aromatic hydroxyl groups is 1. The van der Waals surface area contributed by atoms with Crippen molar-refractivity contribution in [3.8, 4) is 28.5 Å². The smallest absolute Gasteiger partial charge is 0.347 e. The van der Waals surface area contributed by atoms with Crippen molar-refractivity contribution in [3.63, 3.8) is 0 Å². The van der Waals surface area contributed by atoms with Crippen molar-refractivity contribution in [3.05, 3.63) is 77.0 Å². The highest BCUT2D eigenvalue weighted by Crippen LogP contribution is 2.39. The normalized spacial score (nSPS) is 10.8. The number of furan rings is 1. The van der Waals surface area contributed by atoms with E-state index in [1.54, 1.807) is 42.5 Å². The third-order valence-electron chi connectivity index (χ3n) is 4.00. The first kappa shape index (κ1) is 18.2. The zero-order chi connectivity index (χ0) is 19.7. The molecule has 4 aromatic rings. The standard InChI is InChI=1S/C20H13Cl2N3O3/c21-12-9-14(19(26)15(22)10-12)17-11-16(18-7-4-8-28-18)24-25(17)20(27)23-13-5-2-1-3-6-13/h1-11,26H,(H,23,27). The molecule has 0 radical (unpaired) electrons. The van der Waals surface area contributed by atoms with Crippen molar-refractivity contribution in [2.75, 3.05) is 5.32 Å². The summed E-state index contributed by atoms with van der Waals surface area (Å²) in [6.45, 7) is 0. The molecule has 4 rings (SSSR count). The van der Waals surface area contributed by atoms with Gasteiger partial charge in [-0.2, -0.15) is 9.78 Å². The SMILES string of the molecule is O=C(Nc1ccccc1)n1nc(-c2ccco2)cc1-c1cc(Cl)cc(Cl)c1O. The second-order valence-electron chi connectivity index (χ2n) is 5.88. The Bertz CT molecular complexity index is 1140. The summed E-state index contributed by atoms with van der Waals surface area (Å²) in [4.78, 5) is 12.9. The molecule has 0 atom stereocenters. The minimum atomic E-state index is -0.519. The number of amides is 1. The number of nitrogens with zero attached hydrogens (tertiary/aromatic N) is 2. The maximum Gasteiger partial charge on any atom is 0.347 e. The summed E-state index contributed by atoms with van der Waals surface area (Å²) in [6, 6.07) is 16.4. The molecular weight excluding hydrogens is 401 g/mol. The molecule has 0 saturated carbocycles. The second-order valence-corrected chi connectivity index (χ2v) is 6.73. The van der Waals surface area contributed by atoms with E-state index in [0.717, 1.165) is 4.68 Å². The number of nitrogens with one attached hydrogen (secondary N) is 1. The molecule has 0 aliphatic carbocycles. The average molecular weight is 414 g/mol. The molecule has 140 valence electrons. The highest BCUT2D eigenvalue weighted by atomic mass is 35.5. The van der Waals surface area contributed by atoms with Gasteiger partial charge in [-0.3, -0.25) is 0 Å². The van der Waals surface area contributed by atoms with E-state index in [1.807, 2.05) is 6.07 Å². The Balaban J connectivity index is 1.84. The van der Waals surface area contributed by atoms with Gasteiger partial charge < -0.3 is 14.8 Å². The van der Waals surface area contributed by atoms with Crippen molar-refractivity contribution in [1.29, 1.82) is 0 Å². The van der Waals surface area contributed by atoms with E-state index in [0.29, 0.717) is 27.9 Å². The van der Waals surface area contributed by atoms with Crippen LogP contribution in [0.15, 0.2) is 71.3 Å². The van der Waals surface area contributed by atoms with Crippen LogP contribution in [0.2, 0.25) is 10.0 Å². The van der Waals surface area contributed by atoms with E-state index in [9.17, 15) is 9.90 Å². The van der Waals surface area contributed by atoms with Gasteiger partial charge in [-0.25, -0.2) is 4.79 Å². The van der Waals surface area contributed by atoms with Crippen LogP contribution >= 0.6 is 23.2 Å². The molecular formula is C20H13Cl2N3O3. The van der Waals surface area contributed by atoms with E-state index in [-0.39, 0.29) is 16.3 Å². The lowest BCUT2D eigenvalue weighted by atomic mass is 10.1. The molecule has 2 aromatic heterocycles. The van der Waals surface area contributed by atoms with Gasteiger partial charge in [0.2, 0.25) is 0 Å². The van der Waals surface area contributed by atoms with Gasteiger partial charge in [0.05, 0.1) is 17.0 Å². The number of para-hydroxylation sites is 1. The summed E-state index contributed by atoms with van der Waals surface area (Å²) in [6.07, 6.45) is 1.51. The summed E-state index contributed by atoms with van der Waals surface area (Å²) in [5, 5.41) is 17.9. The summed E-state index contributed by atoms with van der Waals surface area (Å²) in [5.74, 6) is 0.269. The van der Waals surface area contributed by atoms with Crippen LogP contribution in [-0.2, 0) is 0 Å². The number of hydrogen-bond acceptors (Lipinski definition) is 4. The Morgan fingerprint density at radius 2 is 1.86 bits per heavy atom. The van der Waals surface area contributed by atoms with Crippen LogP contribution in [0.3, 0.4) is 0 Å². The van der Waals surface area contributed by atoms with Crippen LogP contribution in [0.25, 0.3) is 22.7 Å². The first-order chi connectivity index (χ1) is 13.5. The van der Waals surface area contributed by atoms with Gasteiger partial charge in [0.25, 0.3) is 0 Å². The summed E-state index contributed by atoms with van der Waals surface area (Å²) < 4.78 is 6.51. The molecule has 2 aromatic carbocycles. The van der Waals surface area contributed by atoms with E-state index in [2.05, 4.69) is 10.4 Å². The van der Waals surface area contributed by atoms with Crippen molar-refractivity contribution < 1.29 is 14.3 Å². The van der Waals surface area contributed by atoms with Gasteiger partial charge >= 0.3 is 6.03 Å². The van der Waals surface area contributed by atoms with Crippen LogP contribution in [-0.4, -0.2) is 20.9 Å². The number of phenols is 1. The third kappa shape index (κ3) is 3.47. The third-order valence-corrected chi connectivity index (χ3v) is 4.51. The van der Waals surface area contributed by atoms with Gasteiger partial charge in [-0.05, 0) is 42.5 Å². The fraction of sp³-hybridized carbons (Fsp3) is 0. The van der Waals surface area contributed by atoms with Crippen LogP contribution in [0.4, 0.5) is 10.5 Å². The number of halogens is 2. The molecule has 2 heterocycles. The van der Waals surface area contributed by atoms with Gasteiger partial charge in [0.1, 0.15) is 11.4 Å². The molecule has 8 heteroatoms. The molecule has 0 spiro atoms. The zero-order valence-electron chi connectivity index (χ0n) is 14.3. The first-order valence-corrected chi connectivity index (χ1v) is 8.97. The number of aromatic nitrogens is 2. The van der Waals surface area contributed by atoms with Crippen LogP contribution in [0.1, 0.15) is 0 Å². The summed E-state index contributed by atoms with van der Waals surface area (Å²) >= 11 is 12.1. The predicted molar refractivity (Wildman–Crippen MR) is 108 cm³/mol. The maximum absolute atomic E-state index is 12.9. The van der Waals surface area contributed by atoms with Crippen molar-refractivity contribution >= 4 is 34.9 Å². The molecule has 6 nitrogen and oxygen atoms in total. The Hall–Kier alpha value is -3.22. The molecule has 0 aliphatic rings.